The molecule has 3 heterocycles. The molecule has 0 amide bonds. The fraction of sp³-hybridized carbons (Fsp3) is 0.500. The summed E-state index contributed by atoms with van der Waals surface area (Å²) in [6, 6.07) is 3.62. The fourth-order valence-electron chi connectivity index (χ4n) is 3.21. The number of aromatic nitrogens is 1. The fourth-order valence-corrected chi connectivity index (χ4v) is 3.21. The van der Waals surface area contributed by atoms with Gasteiger partial charge in [-0.05, 0) is 31.0 Å². The second kappa shape index (κ2) is 2.74. The highest BCUT2D eigenvalue weighted by Crippen LogP contribution is 2.52. The van der Waals surface area contributed by atoms with Crippen molar-refractivity contribution in [2.24, 2.45) is 0 Å². The standard InChI is InChI=1S/C12H16N2/c1-3-13-8-7-9-10-5-6-11(12(9)13)14(10)4-2/h3,7-8,10-11H,1,4-6H2,2H3. The summed E-state index contributed by atoms with van der Waals surface area (Å²) in [6.07, 6.45) is 6.74. The topological polar surface area (TPSA) is 8.17 Å². The van der Waals surface area contributed by atoms with Gasteiger partial charge >= 0.3 is 0 Å². The van der Waals surface area contributed by atoms with Gasteiger partial charge in [0.25, 0.3) is 0 Å². The van der Waals surface area contributed by atoms with Crippen molar-refractivity contribution >= 4 is 6.20 Å². The largest absolute Gasteiger partial charge is 0.326 e. The van der Waals surface area contributed by atoms with E-state index in [1.54, 1.807) is 5.56 Å². The van der Waals surface area contributed by atoms with Crippen LogP contribution in [0.2, 0.25) is 0 Å². The molecular formula is C12H16N2. The van der Waals surface area contributed by atoms with Gasteiger partial charge in [-0.3, -0.25) is 4.90 Å². The van der Waals surface area contributed by atoms with Crippen molar-refractivity contribution in [2.45, 2.75) is 31.8 Å². The zero-order valence-electron chi connectivity index (χ0n) is 8.61. The Kier molecular flexibility index (Phi) is 1.62. The highest BCUT2D eigenvalue weighted by atomic mass is 15.3. The first-order valence-electron chi connectivity index (χ1n) is 5.45. The SMILES string of the molecule is C=Cn1ccc2c1C1CCC2N1CC. The number of rotatable bonds is 2. The van der Waals surface area contributed by atoms with Crippen LogP contribution in [0.1, 0.15) is 43.1 Å². The Balaban J connectivity index is 2.12. The summed E-state index contributed by atoms with van der Waals surface area (Å²) in [6.45, 7) is 7.29. The van der Waals surface area contributed by atoms with Gasteiger partial charge in [-0.2, -0.15) is 0 Å². The molecule has 2 bridgehead atoms. The molecule has 0 saturated carbocycles. The van der Waals surface area contributed by atoms with Gasteiger partial charge in [0.05, 0.1) is 6.04 Å². The first-order chi connectivity index (χ1) is 6.86. The van der Waals surface area contributed by atoms with E-state index in [4.69, 9.17) is 0 Å². The molecule has 1 aromatic rings. The Morgan fingerprint density at radius 2 is 2.29 bits per heavy atom. The summed E-state index contributed by atoms with van der Waals surface area (Å²) in [5.41, 5.74) is 3.04. The summed E-state index contributed by atoms with van der Waals surface area (Å²) in [7, 11) is 0. The van der Waals surface area contributed by atoms with E-state index in [1.807, 2.05) is 6.20 Å². The van der Waals surface area contributed by atoms with Crippen LogP contribution in [0.4, 0.5) is 0 Å². The first kappa shape index (κ1) is 8.30. The third kappa shape index (κ3) is 0.800. The Hall–Kier alpha value is -1.02. The van der Waals surface area contributed by atoms with E-state index in [-0.39, 0.29) is 0 Å². The zero-order valence-corrected chi connectivity index (χ0v) is 8.61. The minimum atomic E-state index is 0.660. The summed E-state index contributed by atoms with van der Waals surface area (Å²) in [4.78, 5) is 2.62. The molecule has 0 spiro atoms. The van der Waals surface area contributed by atoms with E-state index in [0.29, 0.717) is 12.1 Å². The minimum Gasteiger partial charge on any atom is -0.326 e. The van der Waals surface area contributed by atoms with Crippen molar-refractivity contribution in [3.05, 3.63) is 30.1 Å². The molecule has 2 atom stereocenters. The lowest BCUT2D eigenvalue weighted by Crippen LogP contribution is -2.19. The van der Waals surface area contributed by atoms with Crippen molar-refractivity contribution in [1.82, 2.24) is 9.47 Å². The van der Waals surface area contributed by atoms with Gasteiger partial charge in [0.1, 0.15) is 0 Å². The molecule has 1 fully saturated rings. The predicted molar refractivity (Wildman–Crippen MR) is 57.9 cm³/mol. The van der Waals surface area contributed by atoms with Gasteiger partial charge in [0, 0.05) is 24.1 Å². The second-order valence-electron chi connectivity index (χ2n) is 4.19. The van der Waals surface area contributed by atoms with Crippen LogP contribution in [0, 0.1) is 0 Å². The predicted octanol–water partition coefficient (Wildman–Crippen LogP) is 2.80. The van der Waals surface area contributed by atoms with Crippen LogP contribution in [0.5, 0.6) is 0 Å². The van der Waals surface area contributed by atoms with Crippen molar-refractivity contribution in [1.29, 1.82) is 0 Å². The Labute approximate surface area is 84.8 Å². The van der Waals surface area contributed by atoms with E-state index in [0.717, 1.165) is 0 Å². The van der Waals surface area contributed by atoms with Gasteiger partial charge in [-0.25, -0.2) is 0 Å². The number of nitrogens with zero attached hydrogens (tertiary/aromatic N) is 2. The normalized spacial score (nSPS) is 29.5. The average molecular weight is 188 g/mol. The van der Waals surface area contributed by atoms with Crippen LogP contribution < -0.4 is 0 Å². The molecule has 0 aliphatic carbocycles. The summed E-state index contributed by atoms with van der Waals surface area (Å²) < 4.78 is 2.20. The van der Waals surface area contributed by atoms with Crippen LogP contribution in [-0.2, 0) is 0 Å². The van der Waals surface area contributed by atoms with Crippen LogP contribution in [0.15, 0.2) is 18.8 Å². The number of hydrogen-bond donors (Lipinski definition) is 0. The molecular weight excluding hydrogens is 172 g/mol. The van der Waals surface area contributed by atoms with Crippen LogP contribution in [0.25, 0.3) is 6.20 Å². The van der Waals surface area contributed by atoms with Gasteiger partial charge in [-0.1, -0.05) is 13.5 Å². The molecule has 74 valence electrons. The minimum absolute atomic E-state index is 0.660. The van der Waals surface area contributed by atoms with Crippen LogP contribution in [-0.4, -0.2) is 16.0 Å². The smallest absolute Gasteiger partial charge is 0.0514 e. The molecule has 0 aromatic carbocycles. The molecule has 14 heavy (non-hydrogen) atoms. The molecule has 2 nitrogen and oxygen atoms in total. The van der Waals surface area contributed by atoms with Crippen molar-refractivity contribution in [2.75, 3.05) is 6.54 Å². The molecule has 2 aliphatic heterocycles. The van der Waals surface area contributed by atoms with Crippen molar-refractivity contribution in [3.8, 4) is 0 Å². The second-order valence-corrected chi connectivity index (χ2v) is 4.19. The van der Waals surface area contributed by atoms with E-state index in [9.17, 15) is 0 Å². The Morgan fingerprint density at radius 3 is 3.00 bits per heavy atom. The third-order valence-corrected chi connectivity index (χ3v) is 3.74. The van der Waals surface area contributed by atoms with E-state index >= 15 is 0 Å². The van der Waals surface area contributed by atoms with Gasteiger partial charge in [0.15, 0.2) is 0 Å². The van der Waals surface area contributed by atoms with E-state index < -0.39 is 0 Å². The van der Waals surface area contributed by atoms with Crippen LogP contribution in [0.3, 0.4) is 0 Å². The maximum Gasteiger partial charge on any atom is 0.0514 e. The molecule has 1 saturated heterocycles. The number of hydrogen-bond acceptors (Lipinski definition) is 1. The van der Waals surface area contributed by atoms with Crippen LogP contribution >= 0.6 is 0 Å². The quantitative estimate of drug-likeness (QED) is 0.693. The summed E-state index contributed by atoms with van der Waals surface area (Å²) in [5.74, 6) is 0. The molecule has 2 unspecified atom stereocenters. The van der Waals surface area contributed by atoms with Crippen molar-refractivity contribution < 1.29 is 0 Å². The zero-order chi connectivity index (χ0) is 9.71. The van der Waals surface area contributed by atoms with Crippen molar-refractivity contribution in [3.63, 3.8) is 0 Å². The molecule has 0 N–H and O–H groups in total. The maximum atomic E-state index is 3.86. The Morgan fingerprint density at radius 1 is 1.50 bits per heavy atom. The maximum absolute atomic E-state index is 3.86. The van der Waals surface area contributed by atoms with E-state index in [2.05, 4.69) is 35.2 Å². The molecule has 3 rings (SSSR count). The lowest BCUT2D eigenvalue weighted by Gasteiger charge is -2.20. The lowest BCUT2D eigenvalue weighted by atomic mass is 9.98. The lowest BCUT2D eigenvalue weighted by molar-refractivity contribution is 0.233. The number of fused-ring (bicyclic) bond motifs is 5. The first-order valence-corrected chi connectivity index (χ1v) is 5.45. The third-order valence-electron chi connectivity index (χ3n) is 3.74. The molecule has 1 aromatic heterocycles. The highest BCUT2D eigenvalue weighted by molar-refractivity contribution is 5.42. The van der Waals surface area contributed by atoms with E-state index in [1.165, 1.54) is 25.1 Å². The van der Waals surface area contributed by atoms with Gasteiger partial charge in [0.2, 0.25) is 0 Å². The highest BCUT2D eigenvalue weighted by Gasteiger charge is 2.44. The Bertz CT molecular complexity index is 378. The van der Waals surface area contributed by atoms with Gasteiger partial charge in [-0.15, -0.1) is 0 Å². The summed E-state index contributed by atoms with van der Waals surface area (Å²) >= 11 is 0. The van der Waals surface area contributed by atoms with Gasteiger partial charge < -0.3 is 4.57 Å². The molecule has 2 heteroatoms. The molecule has 2 aliphatic rings. The molecule has 0 radical (unpaired) electrons. The monoisotopic (exact) mass is 188 g/mol. The summed E-state index contributed by atoms with van der Waals surface area (Å²) in [5, 5.41) is 0. The average Bonchev–Trinajstić information content (AvgIpc) is 2.87.